The number of hydrogen-bond donors (Lipinski definition) is 0. The molecule has 2 unspecified atom stereocenters. The molecule has 1 aromatic rings. The van der Waals surface area contributed by atoms with Gasteiger partial charge in [-0.1, -0.05) is 19.1 Å². The highest BCUT2D eigenvalue weighted by Gasteiger charge is 2.50. The minimum absolute atomic E-state index is 0.00179. The fourth-order valence-corrected chi connectivity index (χ4v) is 4.05. The zero-order chi connectivity index (χ0) is 16.7. The third-order valence-electron chi connectivity index (χ3n) is 5.35. The van der Waals surface area contributed by atoms with Crippen LogP contribution in [0.4, 0.5) is 0 Å². The second-order valence-corrected chi connectivity index (χ2v) is 6.73. The number of imide groups is 1. The number of ether oxygens (including phenoxy) is 2. The predicted molar refractivity (Wildman–Crippen MR) is 84.0 cm³/mol. The first-order valence-electron chi connectivity index (χ1n) is 8.51. The van der Waals surface area contributed by atoms with Gasteiger partial charge in [-0.2, -0.15) is 0 Å². The summed E-state index contributed by atoms with van der Waals surface area (Å²) in [5, 5.41) is 0.884. The van der Waals surface area contributed by atoms with Crippen LogP contribution in [-0.4, -0.2) is 42.5 Å². The number of hydroxylamine groups is 2. The zero-order valence-corrected chi connectivity index (χ0v) is 13.7. The summed E-state index contributed by atoms with van der Waals surface area (Å²) in [4.78, 5) is 30.5. The van der Waals surface area contributed by atoms with Crippen molar-refractivity contribution >= 4 is 11.8 Å². The Kier molecular flexibility index (Phi) is 3.90. The number of fused-ring (bicyclic) bond motifs is 1. The predicted octanol–water partition coefficient (Wildman–Crippen LogP) is 2.39. The van der Waals surface area contributed by atoms with Crippen LogP contribution in [0.3, 0.4) is 0 Å². The van der Waals surface area contributed by atoms with E-state index in [0.717, 1.165) is 24.3 Å². The Bertz CT molecular complexity index is 632. The SMILES string of the molecule is CC1CCCC2(OCCO2)C1CON1C(=O)c2ccccc2C1=O. The van der Waals surface area contributed by atoms with Crippen molar-refractivity contribution in [1.29, 1.82) is 0 Å². The van der Waals surface area contributed by atoms with Crippen LogP contribution in [0.1, 0.15) is 46.9 Å². The summed E-state index contributed by atoms with van der Waals surface area (Å²) >= 11 is 0. The molecule has 1 aliphatic carbocycles. The molecule has 2 fully saturated rings. The average Bonchev–Trinajstić information content (AvgIpc) is 3.14. The summed E-state index contributed by atoms with van der Waals surface area (Å²) in [5.41, 5.74) is 0.782. The van der Waals surface area contributed by atoms with Crippen LogP contribution in [0.2, 0.25) is 0 Å². The third-order valence-corrected chi connectivity index (χ3v) is 5.35. The Balaban J connectivity index is 1.50. The third kappa shape index (κ3) is 2.37. The van der Waals surface area contributed by atoms with Gasteiger partial charge < -0.3 is 9.47 Å². The van der Waals surface area contributed by atoms with Gasteiger partial charge in [0.1, 0.15) is 0 Å². The highest BCUT2D eigenvalue weighted by Crippen LogP contribution is 2.43. The Morgan fingerprint density at radius 3 is 2.42 bits per heavy atom. The fourth-order valence-electron chi connectivity index (χ4n) is 4.05. The molecule has 1 aromatic carbocycles. The number of carbonyl (C=O) groups is 2. The first-order chi connectivity index (χ1) is 11.6. The minimum atomic E-state index is -0.629. The molecule has 2 heterocycles. The topological polar surface area (TPSA) is 65.1 Å². The smallest absolute Gasteiger partial charge is 0.285 e. The summed E-state index contributed by atoms with van der Waals surface area (Å²) in [6, 6.07) is 6.78. The summed E-state index contributed by atoms with van der Waals surface area (Å²) in [5.74, 6) is -1.09. The molecule has 1 spiro atoms. The van der Waals surface area contributed by atoms with E-state index in [1.165, 1.54) is 0 Å². The molecular formula is C18H21NO5. The molecule has 0 aromatic heterocycles. The lowest BCUT2D eigenvalue weighted by Gasteiger charge is -2.43. The summed E-state index contributed by atoms with van der Waals surface area (Å²) < 4.78 is 11.8. The molecule has 0 N–H and O–H groups in total. The van der Waals surface area contributed by atoms with Crippen LogP contribution in [-0.2, 0) is 14.3 Å². The van der Waals surface area contributed by atoms with E-state index in [1.54, 1.807) is 24.3 Å². The van der Waals surface area contributed by atoms with Crippen molar-refractivity contribution in [3.8, 4) is 0 Å². The van der Waals surface area contributed by atoms with Crippen molar-refractivity contribution in [2.24, 2.45) is 11.8 Å². The second-order valence-electron chi connectivity index (χ2n) is 6.73. The number of rotatable bonds is 3. The van der Waals surface area contributed by atoms with E-state index in [2.05, 4.69) is 6.92 Å². The van der Waals surface area contributed by atoms with Gasteiger partial charge >= 0.3 is 0 Å². The molecule has 0 bridgehead atoms. The fraction of sp³-hybridized carbons (Fsp3) is 0.556. The largest absolute Gasteiger partial charge is 0.347 e. The van der Waals surface area contributed by atoms with Crippen molar-refractivity contribution in [2.45, 2.75) is 32.0 Å². The average molecular weight is 331 g/mol. The van der Waals surface area contributed by atoms with Crippen molar-refractivity contribution in [1.82, 2.24) is 5.06 Å². The molecule has 0 radical (unpaired) electrons. The van der Waals surface area contributed by atoms with E-state index in [-0.39, 0.29) is 12.5 Å². The molecule has 2 aliphatic heterocycles. The van der Waals surface area contributed by atoms with Crippen LogP contribution >= 0.6 is 0 Å². The molecule has 2 amide bonds. The molecule has 24 heavy (non-hydrogen) atoms. The van der Waals surface area contributed by atoms with Crippen molar-refractivity contribution in [2.75, 3.05) is 19.8 Å². The number of hydrogen-bond acceptors (Lipinski definition) is 5. The maximum atomic E-state index is 12.4. The van der Waals surface area contributed by atoms with Crippen LogP contribution in [0.5, 0.6) is 0 Å². The lowest BCUT2D eigenvalue weighted by atomic mass is 9.76. The monoisotopic (exact) mass is 331 g/mol. The molecule has 1 saturated carbocycles. The van der Waals surface area contributed by atoms with Crippen LogP contribution in [0.25, 0.3) is 0 Å². The van der Waals surface area contributed by atoms with Crippen LogP contribution in [0.15, 0.2) is 24.3 Å². The molecule has 4 rings (SSSR count). The van der Waals surface area contributed by atoms with E-state index in [1.807, 2.05) is 0 Å². The highest BCUT2D eigenvalue weighted by atomic mass is 16.7. The first kappa shape index (κ1) is 15.7. The van der Waals surface area contributed by atoms with Gasteiger partial charge in [-0.15, -0.1) is 5.06 Å². The van der Waals surface area contributed by atoms with Crippen LogP contribution in [0, 0.1) is 11.8 Å². The second kappa shape index (κ2) is 5.95. The van der Waals surface area contributed by atoms with Crippen molar-refractivity contribution in [3.05, 3.63) is 35.4 Å². The molecule has 2 atom stereocenters. The number of carbonyl (C=O) groups excluding carboxylic acids is 2. The Morgan fingerprint density at radius 1 is 1.17 bits per heavy atom. The Hall–Kier alpha value is -1.76. The summed E-state index contributed by atoms with van der Waals surface area (Å²) in [6.45, 7) is 3.53. The van der Waals surface area contributed by atoms with Gasteiger partial charge in [0.15, 0.2) is 5.79 Å². The van der Waals surface area contributed by atoms with E-state index in [9.17, 15) is 9.59 Å². The lowest BCUT2D eigenvalue weighted by Crippen LogP contribution is -2.49. The van der Waals surface area contributed by atoms with Gasteiger partial charge in [0.05, 0.1) is 30.9 Å². The standard InChI is InChI=1S/C18H21NO5/c1-12-5-4-8-18(22-9-10-23-18)15(12)11-24-19-16(20)13-6-2-3-7-14(13)17(19)21/h2-3,6-7,12,15H,4-5,8-11H2,1H3. The Morgan fingerprint density at radius 2 is 1.79 bits per heavy atom. The summed E-state index contributed by atoms with van der Waals surface area (Å²) in [6.07, 6.45) is 2.93. The minimum Gasteiger partial charge on any atom is -0.347 e. The van der Waals surface area contributed by atoms with E-state index < -0.39 is 17.6 Å². The van der Waals surface area contributed by atoms with Gasteiger partial charge in [-0.05, 0) is 30.9 Å². The first-order valence-corrected chi connectivity index (χ1v) is 8.51. The number of benzene rings is 1. The van der Waals surface area contributed by atoms with Gasteiger partial charge in [-0.25, -0.2) is 0 Å². The normalized spacial score (nSPS) is 28.6. The van der Waals surface area contributed by atoms with Gasteiger partial charge in [0.25, 0.3) is 11.8 Å². The van der Waals surface area contributed by atoms with Gasteiger partial charge in [-0.3, -0.25) is 14.4 Å². The maximum Gasteiger partial charge on any atom is 0.285 e. The lowest BCUT2D eigenvalue weighted by molar-refractivity contribution is -0.248. The van der Waals surface area contributed by atoms with Crippen LogP contribution < -0.4 is 0 Å². The van der Waals surface area contributed by atoms with E-state index in [4.69, 9.17) is 14.3 Å². The maximum absolute atomic E-state index is 12.4. The number of nitrogens with zero attached hydrogens (tertiary/aromatic N) is 1. The summed E-state index contributed by atoms with van der Waals surface area (Å²) in [7, 11) is 0. The molecular weight excluding hydrogens is 310 g/mol. The van der Waals surface area contributed by atoms with Crippen molar-refractivity contribution in [3.63, 3.8) is 0 Å². The molecule has 3 aliphatic rings. The molecule has 128 valence electrons. The van der Waals surface area contributed by atoms with Crippen molar-refractivity contribution < 1.29 is 23.9 Å². The van der Waals surface area contributed by atoms with Gasteiger partial charge in [0, 0.05) is 12.3 Å². The molecule has 1 saturated heterocycles. The highest BCUT2D eigenvalue weighted by molar-refractivity contribution is 6.20. The Labute approximate surface area is 140 Å². The van der Waals surface area contributed by atoms with Gasteiger partial charge in [0.2, 0.25) is 0 Å². The van der Waals surface area contributed by atoms with E-state index in [0.29, 0.717) is 30.3 Å². The molecule has 6 nitrogen and oxygen atoms in total. The quantitative estimate of drug-likeness (QED) is 0.796. The molecule has 6 heteroatoms. The van der Waals surface area contributed by atoms with E-state index >= 15 is 0 Å². The zero-order valence-electron chi connectivity index (χ0n) is 13.7. The number of amides is 2.